The van der Waals surface area contributed by atoms with Gasteiger partial charge in [-0.2, -0.15) is 0 Å². The molecule has 0 aromatic heterocycles. The van der Waals surface area contributed by atoms with Crippen LogP contribution in [-0.2, 0) is 0 Å². The summed E-state index contributed by atoms with van der Waals surface area (Å²) in [5.41, 5.74) is 0. The van der Waals surface area contributed by atoms with Crippen molar-refractivity contribution in [3.05, 3.63) is 0 Å². The zero-order valence-electron chi connectivity index (χ0n) is 3.56. The number of rotatable bonds is 1. The number of hydrogen-bond donors (Lipinski definition) is 1. The van der Waals surface area contributed by atoms with Crippen molar-refractivity contribution in [1.82, 2.24) is 0 Å². The molecule has 0 nitrogen and oxygen atoms in total. The molecule has 0 aliphatic heterocycles. The molecule has 0 radical (unpaired) electrons. The first-order chi connectivity index (χ1) is 2.91. The lowest BCUT2D eigenvalue weighted by molar-refractivity contribution is 1.54. The van der Waals surface area contributed by atoms with Crippen LogP contribution in [-0.4, -0.2) is 5.75 Å². The summed E-state index contributed by atoms with van der Waals surface area (Å²) in [6, 6.07) is 0. The Labute approximate surface area is 48.1 Å². The molecule has 0 atom stereocenters. The van der Waals surface area contributed by atoms with Gasteiger partial charge in [0.1, 0.15) is 0 Å². The quantitative estimate of drug-likeness (QED) is 0.403. The van der Waals surface area contributed by atoms with Gasteiger partial charge in [-0.25, -0.2) is 0 Å². The minimum Gasteiger partial charge on any atom is -0.0913 e. The maximum absolute atomic E-state index is 3.67. The van der Waals surface area contributed by atoms with Crippen LogP contribution < -0.4 is 0 Å². The molecule has 6 heavy (non-hydrogen) atoms. The van der Waals surface area contributed by atoms with Crippen LogP contribution in [0.4, 0.5) is 0 Å². The number of thiol groups is 1. The van der Waals surface area contributed by atoms with Crippen molar-refractivity contribution in [1.29, 1.82) is 0 Å². The van der Waals surface area contributed by atoms with Crippen molar-refractivity contribution < 1.29 is 0 Å². The third-order valence-electron chi connectivity index (χ3n) is 0.262. The largest absolute Gasteiger partial charge is 0.0913 e. The Balaban J connectivity index is 2.79. The minimum atomic E-state index is 1.05. The van der Waals surface area contributed by atoms with Gasteiger partial charge in [-0.05, 0) is 10.5 Å². The van der Waals surface area contributed by atoms with Crippen molar-refractivity contribution >= 4 is 24.4 Å². The van der Waals surface area contributed by atoms with Gasteiger partial charge >= 0.3 is 0 Å². The molecule has 34 valence electrons. The topological polar surface area (TPSA) is 0 Å². The Kier molecular flexibility index (Phi) is 5.49. The summed E-state index contributed by atoms with van der Waals surface area (Å²) in [7, 11) is 0. The van der Waals surface area contributed by atoms with Gasteiger partial charge in [0.25, 0.3) is 0 Å². The highest BCUT2D eigenvalue weighted by Crippen LogP contribution is 1.91. The van der Waals surface area contributed by atoms with Crippen LogP contribution in [0.15, 0.2) is 0 Å². The Morgan fingerprint density at radius 2 is 2.50 bits per heavy atom. The molecule has 0 aromatic carbocycles. The molecule has 0 unspecified atom stereocenters. The molecular weight excluding hydrogens is 112 g/mol. The molecule has 0 aliphatic carbocycles. The van der Waals surface area contributed by atoms with Gasteiger partial charge in [0.2, 0.25) is 0 Å². The maximum atomic E-state index is 3.67. The summed E-state index contributed by atoms with van der Waals surface area (Å²) >= 11 is 5.24. The van der Waals surface area contributed by atoms with E-state index in [1.165, 1.54) is 0 Å². The first-order valence-electron chi connectivity index (χ1n) is 1.67. The van der Waals surface area contributed by atoms with E-state index in [2.05, 4.69) is 30.1 Å². The third kappa shape index (κ3) is 4.26. The van der Waals surface area contributed by atoms with Crippen molar-refractivity contribution in [3.63, 3.8) is 0 Å². The summed E-state index contributed by atoms with van der Waals surface area (Å²) in [6.07, 6.45) is 0. The Morgan fingerprint density at radius 1 is 1.83 bits per heavy atom. The summed E-state index contributed by atoms with van der Waals surface area (Å²) < 4.78 is 0. The van der Waals surface area contributed by atoms with Crippen LogP contribution >= 0.6 is 24.4 Å². The Bertz CT molecular complexity index is 67.4. The van der Waals surface area contributed by atoms with Crippen molar-refractivity contribution in [2.45, 2.75) is 6.92 Å². The van der Waals surface area contributed by atoms with E-state index in [0.29, 0.717) is 0 Å². The van der Waals surface area contributed by atoms with E-state index in [1.807, 2.05) is 0 Å². The van der Waals surface area contributed by atoms with E-state index in [0.717, 1.165) is 5.75 Å². The second-order valence-corrected chi connectivity index (χ2v) is 1.94. The van der Waals surface area contributed by atoms with Crippen molar-refractivity contribution in [2.24, 2.45) is 0 Å². The fourth-order valence-corrected chi connectivity index (χ4v) is 0.507. The van der Waals surface area contributed by atoms with Crippen molar-refractivity contribution in [2.75, 3.05) is 5.75 Å². The highest BCUT2D eigenvalue weighted by atomic mass is 32.2. The molecule has 0 aromatic rings. The monoisotopic (exact) mass is 118 g/mol. The van der Waals surface area contributed by atoms with E-state index in [9.17, 15) is 0 Å². The van der Waals surface area contributed by atoms with Gasteiger partial charge in [0, 0.05) is 5.75 Å². The lowest BCUT2D eigenvalue weighted by Crippen LogP contribution is -1.53. The smallest absolute Gasteiger partial charge is 0.00285 e. The molecule has 0 saturated heterocycles. The zero-order valence-corrected chi connectivity index (χ0v) is 5.27. The normalized spacial score (nSPS) is 6.33. The fraction of sp³-hybridized carbons (Fsp3) is 0.500. The average Bonchev–Trinajstić information content (AvgIpc) is 1.61. The van der Waals surface area contributed by atoms with Crippen LogP contribution in [0.5, 0.6) is 0 Å². The highest BCUT2D eigenvalue weighted by molar-refractivity contribution is 8.04. The van der Waals surface area contributed by atoms with E-state index in [-0.39, 0.29) is 0 Å². The van der Waals surface area contributed by atoms with Gasteiger partial charge in [0.05, 0.1) is 0 Å². The molecule has 0 rings (SSSR count). The first-order valence-corrected chi connectivity index (χ1v) is 3.11. The van der Waals surface area contributed by atoms with E-state index < -0.39 is 0 Å². The Hall–Kier alpha value is 0.260. The van der Waals surface area contributed by atoms with Crippen LogP contribution in [0.1, 0.15) is 6.92 Å². The van der Waals surface area contributed by atoms with Gasteiger partial charge in [0.15, 0.2) is 0 Å². The fourth-order valence-electron chi connectivity index (χ4n) is 0.104. The Morgan fingerprint density at radius 3 is 2.67 bits per heavy atom. The second kappa shape index (κ2) is 5.26. The lowest BCUT2D eigenvalue weighted by atomic mass is 11.0. The highest BCUT2D eigenvalue weighted by Gasteiger charge is 1.63. The average molecular weight is 118 g/mol. The van der Waals surface area contributed by atoms with Crippen LogP contribution in [0.3, 0.4) is 0 Å². The summed E-state index contributed by atoms with van der Waals surface area (Å²) in [6.45, 7) is 2.06. The van der Waals surface area contributed by atoms with Gasteiger partial charge in [-0.15, -0.1) is 0 Å². The molecule has 0 spiro atoms. The van der Waals surface area contributed by atoms with E-state index in [1.54, 1.807) is 11.8 Å². The summed E-state index contributed by atoms with van der Waals surface area (Å²) in [5, 5.41) is 5.20. The third-order valence-corrected chi connectivity index (χ3v) is 1.06. The van der Waals surface area contributed by atoms with Crippen LogP contribution in [0.25, 0.3) is 0 Å². The molecule has 0 aliphatic rings. The lowest BCUT2D eigenvalue weighted by Gasteiger charge is -1.71. The number of thioether (sulfide) groups is 1. The molecule has 0 saturated carbocycles. The molecule has 0 fully saturated rings. The van der Waals surface area contributed by atoms with Gasteiger partial charge in [-0.1, -0.05) is 31.3 Å². The predicted octanol–water partition coefficient (Wildman–Crippen LogP) is 1.59. The SMILES string of the molecule is CCSC#CS. The van der Waals surface area contributed by atoms with Gasteiger partial charge < -0.3 is 0 Å². The second-order valence-electron chi connectivity index (χ2n) is 0.647. The molecule has 0 heterocycles. The molecule has 0 amide bonds. The van der Waals surface area contributed by atoms with Crippen molar-refractivity contribution in [3.8, 4) is 10.5 Å². The molecular formula is C4H6S2. The summed E-state index contributed by atoms with van der Waals surface area (Å²) in [5.74, 6) is 1.05. The zero-order chi connectivity index (χ0) is 4.83. The molecule has 2 heteroatoms. The molecule has 0 bridgehead atoms. The van der Waals surface area contributed by atoms with Gasteiger partial charge in [-0.3, -0.25) is 0 Å². The summed E-state index contributed by atoms with van der Waals surface area (Å²) in [4.78, 5) is 0. The standard InChI is InChI=1S/C4H6S2/c1-2-6-4-3-5/h5H,2H2,1H3. The van der Waals surface area contributed by atoms with Crippen LogP contribution in [0.2, 0.25) is 0 Å². The first kappa shape index (κ1) is 6.26. The van der Waals surface area contributed by atoms with Crippen LogP contribution in [0, 0.1) is 10.5 Å². The van der Waals surface area contributed by atoms with E-state index in [4.69, 9.17) is 0 Å². The number of hydrogen-bond acceptors (Lipinski definition) is 2. The molecule has 0 N–H and O–H groups in total. The van der Waals surface area contributed by atoms with E-state index >= 15 is 0 Å². The maximum Gasteiger partial charge on any atom is 0.00285 e. The minimum absolute atomic E-state index is 1.05. The predicted molar refractivity (Wildman–Crippen MR) is 34.9 cm³/mol.